The van der Waals surface area contributed by atoms with Crippen molar-refractivity contribution in [3.05, 3.63) is 28.8 Å². The molecule has 0 amide bonds. The van der Waals surface area contributed by atoms with Crippen LogP contribution < -0.4 is 0 Å². The van der Waals surface area contributed by atoms with E-state index in [2.05, 4.69) is 13.0 Å². The van der Waals surface area contributed by atoms with Gasteiger partial charge in [0.2, 0.25) is 0 Å². The molecule has 0 unspecified atom stereocenters. The molecule has 0 saturated heterocycles. The van der Waals surface area contributed by atoms with Gasteiger partial charge in [0.05, 0.1) is 0 Å². The smallest absolute Gasteiger partial charge is 0.121 e. The van der Waals surface area contributed by atoms with Gasteiger partial charge in [-0.3, -0.25) is 0 Å². The van der Waals surface area contributed by atoms with Gasteiger partial charge in [-0.05, 0) is 43.4 Å². The number of phenolic OH excluding ortho intramolecular Hbond substituents is 1. The Kier molecular flexibility index (Phi) is 3.99. The monoisotopic (exact) mass is 192 g/mol. The lowest BCUT2D eigenvalue weighted by Crippen LogP contribution is -1.90. The number of aryl methyl sites for hydroxylation is 2. The second-order valence-corrected chi connectivity index (χ2v) is 3.97. The Bertz CT molecular complexity index is 302. The van der Waals surface area contributed by atoms with Gasteiger partial charge >= 0.3 is 0 Å². The molecule has 1 rings (SSSR count). The molecule has 78 valence electrons. The topological polar surface area (TPSA) is 20.2 Å². The lowest BCUT2D eigenvalue weighted by atomic mass is 10.0. The normalized spacial score (nSPS) is 10.5. The van der Waals surface area contributed by atoms with Crippen molar-refractivity contribution < 1.29 is 5.11 Å². The third-order valence-electron chi connectivity index (χ3n) is 2.84. The summed E-state index contributed by atoms with van der Waals surface area (Å²) in [6.45, 7) is 6.21. The van der Waals surface area contributed by atoms with Crippen molar-refractivity contribution in [2.24, 2.45) is 0 Å². The fourth-order valence-corrected chi connectivity index (χ4v) is 1.62. The first kappa shape index (κ1) is 11.1. The van der Waals surface area contributed by atoms with Crippen LogP contribution in [0.1, 0.15) is 42.9 Å². The fraction of sp³-hybridized carbons (Fsp3) is 0.538. The SMILES string of the molecule is CCCCCc1ccc(C)c(C)c1O. The van der Waals surface area contributed by atoms with Gasteiger partial charge in [0.15, 0.2) is 0 Å². The van der Waals surface area contributed by atoms with E-state index >= 15 is 0 Å². The molecule has 0 saturated carbocycles. The minimum atomic E-state index is 0.501. The number of hydrogen-bond donors (Lipinski definition) is 1. The molecule has 0 fully saturated rings. The van der Waals surface area contributed by atoms with Crippen molar-refractivity contribution >= 4 is 0 Å². The van der Waals surface area contributed by atoms with E-state index in [-0.39, 0.29) is 0 Å². The van der Waals surface area contributed by atoms with E-state index in [1.54, 1.807) is 0 Å². The van der Waals surface area contributed by atoms with E-state index in [1.165, 1.54) is 24.8 Å². The Morgan fingerprint density at radius 1 is 1.14 bits per heavy atom. The van der Waals surface area contributed by atoms with Crippen LogP contribution in [0.25, 0.3) is 0 Å². The summed E-state index contributed by atoms with van der Waals surface area (Å²) in [6.07, 6.45) is 4.64. The molecular formula is C13H20O. The first-order valence-corrected chi connectivity index (χ1v) is 5.44. The van der Waals surface area contributed by atoms with Gasteiger partial charge in [-0.15, -0.1) is 0 Å². The number of aromatic hydroxyl groups is 1. The number of phenols is 1. The highest BCUT2D eigenvalue weighted by atomic mass is 16.3. The number of unbranched alkanes of at least 4 members (excludes halogenated alkanes) is 2. The zero-order chi connectivity index (χ0) is 10.6. The molecule has 0 bridgehead atoms. The first-order valence-electron chi connectivity index (χ1n) is 5.44. The number of rotatable bonds is 4. The van der Waals surface area contributed by atoms with Crippen LogP contribution in [-0.2, 0) is 6.42 Å². The molecule has 0 aliphatic carbocycles. The molecule has 0 atom stereocenters. The molecule has 0 aliphatic rings. The Morgan fingerprint density at radius 3 is 2.50 bits per heavy atom. The molecule has 1 nitrogen and oxygen atoms in total. The van der Waals surface area contributed by atoms with Crippen molar-refractivity contribution in [1.82, 2.24) is 0 Å². The summed E-state index contributed by atoms with van der Waals surface area (Å²) in [4.78, 5) is 0. The lowest BCUT2D eigenvalue weighted by molar-refractivity contribution is 0.461. The van der Waals surface area contributed by atoms with Crippen molar-refractivity contribution in [3.8, 4) is 5.75 Å². The van der Waals surface area contributed by atoms with Crippen LogP contribution >= 0.6 is 0 Å². The quantitative estimate of drug-likeness (QED) is 0.720. The maximum atomic E-state index is 9.88. The predicted molar refractivity (Wildman–Crippen MR) is 60.8 cm³/mol. The standard InChI is InChI=1S/C13H20O/c1-4-5-6-7-12-9-8-10(2)11(3)13(12)14/h8-9,14H,4-7H2,1-3H3. The van der Waals surface area contributed by atoms with Crippen LogP contribution in [0.15, 0.2) is 12.1 Å². The maximum Gasteiger partial charge on any atom is 0.121 e. The highest BCUT2D eigenvalue weighted by Gasteiger charge is 2.05. The summed E-state index contributed by atoms with van der Waals surface area (Å²) >= 11 is 0. The van der Waals surface area contributed by atoms with Gasteiger partial charge in [-0.1, -0.05) is 31.9 Å². The zero-order valence-corrected chi connectivity index (χ0v) is 9.43. The van der Waals surface area contributed by atoms with Gasteiger partial charge in [-0.25, -0.2) is 0 Å². The van der Waals surface area contributed by atoms with E-state index < -0.39 is 0 Å². The molecule has 0 aliphatic heterocycles. The summed E-state index contributed by atoms with van der Waals surface area (Å²) in [5.74, 6) is 0.501. The van der Waals surface area contributed by atoms with Gasteiger partial charge in [0.1, 0.15) is 5.75 Å². The van der Waals surface area contributed by atoms with Crippen molar-refractivity contribution in [3.63, 3.8) is 0 Å². The van der Waals surface area contributed by atoms with Crippen LogP contribution in [0.2, 0.25) is 0 Å². The number of hydrogen-bond acceptors (Lipinski definition) is 1. The maximum absolute atomic E-state index is 9.88. The Balaban J connectivity index is 2.73. The van der Waals surface area contributed by atoms with Gasteiger partial charge < -0.3 is 5.11 Å². The number of benzene rings is 1. The summed E-state index contributed by atoms with van der Waals surface area (Å²) in [7, 11) is 0. The van der Waals surface area contributed by atoms with Gasteiger partial charge in [-0.2, -0.15) is 0 Å². The molecule has 14 heavy (non-hydrogen) atoms. The molecule has 1 N–H and O–H groups in total. The second-order valence-electron chi connectivity index (χ2n) is 3.97. The third kappa shape index (κ3) is 2.50. The first-order chi connectivity index (χ1) is 6.66. The van der Waals surface area contributed by atoms with Crippen LogP contribution in [0.3, 0.4) is 0 Å². The highest BCUT2D eigenvalue weighted by Crippen LogP contribution is 2.26. The van der Waals surface area contributed by atoms with E-state index in [0.717, 1.165) is 17.5 Å². The van der Waals surface area contributed by atoms with Crippen LogP contribution in [0, 0.1) is 13.8 Å². The Morgan fingerprint density at radius 2 is 1.86 bits per heavy atom. The average molecular weight is 192 g/mol. The van der Waals surface area contributed by atoms with Crippen LogP contribution in [0.4, 0.5) is 0 Å². The second kappa shape index (κ2) is 5.04. The zero-order valence-electron chi connectivity index (χ0n) is 9.43. The molecule has 0 spiro atoms. The molecule has 0 aromatic heterocycles. The summed E-state index contributed by atoms with van der Waals surface area (Å²) in [5.41, 5.74) is 3.29. The Hall–Kier alpha value is -0.980. The van der Waals surface area contributed by atoms with Gasteiger partial charge in [0, 0.05) is 0 Å². The Labute approximate surface area is 86.8 Å². The minimum absolute atomic E-state index is 0.501. The van der Waals surface area contributed by atoms with Gasteiger partial charge in [0.25, 0.3) is 0 Å². The average Bonchev–Trinajstić information content (AvgIpc) is 2.18. The van der Waals surface area contributed by atoms with Crippen LogP contribution in [0.5, 0.6) is 5.75 Å². The largest absolute Gasteiger partial charge is 0.507 e. The molecule has 1 aromatic rings. The van der Waals surface area contributed by atoms with E-state index in [4.69, 9.17) is 0 Å². The van der Waals surface area contributed by atoms with Crippen molar-refractivity contribution in [2.75, 3.05) is 0 Å². The molecular weight excluding hydrogens is 172 g/mol. The third-order valence-corrected chi connectivity index (χ3v) is 2.84. The van der Waals surface area contributed by atoms with Crippen molar-refractivity contribution in [1.29, 1.82) is 0 Å². The highest BCUT2D eigenvalue weighted by molar-refractivity contribution is 5.44. The minimum Gasteiger partial charge on any atom is -0.507 e. The van der Waals surface area contributed by atoms with Crippen molar-refractivity contribution in [2.45, 2.75) is 46.5 Å². The molecule has 0 radical (unpaired) electrons. The summed E-state index contributed by atoms with van der Waals surface area (Å²) < 4.78 is 0. The molecule has 1 heteroatoms. The predicted octanol–water partition coefficient (Wildman–Crippen LogP) is 3.74. The van der Waals surface area contributed by atoms with E-state index in [0.29, 0.717) is 5.75 Å². The molecule has 1 aromatic carbocycles. The molecule has 0 heterocycles. The fourth-order valence-electron chi connectivity index (χ4n) is 1.62. The van der Waals surface area contributed by atoms with E-state index in [1.807, 2.05) is 19.9 Å². The lowest BCUT2D eigenvalue weighted by Gasteiger charge is -2.09. The van der Waals surface area contributed by atoms with Crippen LogP contribution in [-0.4, -0.2) is 5.11 Å². The summed E-state index contributed by atoms with van der Waals surface area (Å²) in [6, 6.07) is 4.14. The van der Waals surface area contributed by atoms with E-state index in [9.17, 15) is 5.11 Å². The summed E-state index contributed by atoms with van der Waals surface area (Å²) in [5, 5.41) is 9.88.